The number of carbonyl (C=O) groups is 3. The minimum absolute atomic E-state index is 0.0712. The van der Waals surface area contributed by atoms with Gasteiger partial charge in [0.05, 0.1) is 30.6 Å². The number of likely N-dealkylation sites (tertiary alicyclic amines) is 1. The molecule has 7 atom stereocenters. The Morgan fingerprint density at radius 1 is 1.00 bits per heavy atom. The van der Waals surface area contributed by atoms with Gasteiger partial charge < -0.3 is 24.5 Å². The molecule has 5 rings (SSSR count). The summed E-state index contributed by atoms with van der Waals surface area (Å²) in [5.74, 6) is -2.29. The summed E-state index contributed by atoms with van der Waals surface area (Å²) in [4.78, 5) is 48.8. The normalized spacial score (nSPS) is 26.6. The van der Waals surface area contributed by atoms with Crippen molar-refractivity contribution in [3.63, 3.8) is 0 Å². The molecule has 3 heterocycles. The summed E-state index contributed by atoms with van der Waals surface area (Å²) in [7, 11) is 0. The van der Waals surface area contributed by atoms with Gasteiger partial charge in [0.1, 0.15) is 11.6 Å². The Bertz CT molecular complexity index is 1350. The lowest BCUT2D eigenvalue weighted by Gasteiger charge is -2.41. The maximum Gasteiger partial charge on any atom is 0.249 e. The van der Waals surface area contributed by atoms with Crippen molar-refractivity contribution >= 4 is 17.7 Å². The highest BCUT2D eigenvalue weighted by Crippen LogP contribution is 2.59. The van der Waals surface area contributed by atoms with Crippen LogP contribution in [-0.4, -0.2) is 81.0 Å². The zero-order chi connectivity index (χ0) is 31.4. The molecule has 3 aliphatic rings. The Morgan fingerprint density at radius 3 is 2.05 bits per heavy atom. The van der Waals surface area contributed by atoms with Gasteiger partial charge in [0, 0.05) is 26.2 Å². The summed E-state index contributed by atoms with van der Waals surface area (Å²) in [6.07, 6.45) is 4.71. The van der Waals surface area contributed by atoms with E-state index in [1.165, 1.54) is 0 Å². The van der Waals surface area contributed by atoms with E-state index in [1.807, 2.05) is 74.5 Å². The van der Waals surface area contributed by atoms with Crippen LogP contribution in [0.2, 0.25) is 0 Å². The van der Waals surface area contributed by atoms with Gasteiger partial charge in [0.25, 0.3) is 0 Å². The number of carbonyl (C=O) groups excluding carboxylic acids is 3. The quantitative estimate of drug-likeness (QED) is 0.329. The molecule has 0 radical (unpaired) electrons. The fraction of sp³-hybridized carbons (Fsp3) is 0.472. The molecule has 3 fully saturated rings. The Balaban J connectivity index is 1.55. The molecular formula is C36H45N3O5. The van der Waals surface area contributed by atoms with Crippen molar-refractivity contribution in [2.24, 2.45) is 17.8 Å². The average molecular weight is 600 g/mol. The maximum atomic E-state index is 14.7. The summed E-state index contributed by atoms with van der Waals surface area (Å²) < 4.78 is 6.73. The molecule has 2 bridgehead atoms. The van der Waals surface area contributed by atoms with Crippen LogP contribution in [0.1, 0.15) is 44.2 Å². The van der Waals surface area contributed by atoms with Crippen molar-refractivity contribution in [2.75, 3.05) is 19.7 Å². The van der Waals surface area contributed by atoms with E-state index in [0.29, 0.717) is 38.9 Å². The topological polar surface area (TPSA) is 90.4 Å². The summed E-state index contributed by atoms with van der Waals surface area (Å²) in [5, 5.41) is 10.6. The number of hydrogen-bond donors (Lipinski definition) is 1. The van der Waals surface area contributed by atoms with Gasteiger partial charge in [-0.2, -0.15) is 0 Å². The van der Waals surface area contributed by atoms with E-state index in [1.54, 1.807) is 26.9 Å². The summed E-state index contributed by atoms with van der Waals surface area (Å²) in [6.45, 7) is 12.8. The van der Waals surface area contributed by atoms with Gasteiger partial charge in [-0.1, -0.05) is 93.1 Å². The van der Waals surface area contributed by atoms with Crippen LogP contribution in [0.25, 0.3) is 0 Å². The Labute approximate surface area is 261 Å². The van der Waals surface area contributed by atoms with Crippen molar-refractivity contribution in [1.29, 1.82) is 0 Å². The van der Waals surface area contributed by atoms with Crippen LogP contribution in [0.5, 0.6) is 0 Å². The molecule has 44 heavy (non-hydrogen) atoms. The van der Waals surface area contributed by atoms with Crippen LogP contribution >= 0.6 is 0 Å². The van der Waals surface area contributed by atoms with E-state index in [4.69, 9.17) is 4.74 Å². The molecule has 8 heteroatoms. The molecule has 234 valence electrons. The van der Waals surface area contributed by atoms with E-state index in [9.17, 15) is 19.5 Å². The van der Waals surface area contributed by atoms with Gasteiger partial charge >= 0.3 is 0 Å². The molecule has 3 saturated heterocycles. The number of fused-ring (bicyclic) bond motifs is 1. The van der Waals surface area contributed by atoms with Crippen LogP contribution < -0.4 is 0 Å². The minimum Gasteiger partial charge on any atom is -0.394 e. The predicted octanol–water partition coefficient (Wildman–Crippen LogP) is 4.20. The van der Waals surface area contributed by atoms with Gasteiger partial charge in [0.2, 0.25) is 17.7 Å². The van der Waals surface area contributed by atoms with E-state index in [2.05, 4.69) is 13.2 Å². The second kappa shape index (κ2) is 13.5. The molecule has 3 aliphatic heterocycles. The van der Waals surface area contributed by atoms with Crippen molar-refractivity contribution in [1.82, 2.24) is 14.7 Å². The molecule has 1 spiro atoms. The Morgan fingerprint density at radius 2 is 1.55 bits per heavy atom. The molecule has 8 nitrogen and oxygen atoms in total. The number of aliphatic hydroxyl groups is 1. The zero-order valence-electron chi connectivity index (χ0n) is 25.9. The minimum atomic E-state index is -1.15. The summed E-state index contributed by atoms with van der Waals surface area (Å²) >= 11 is 0. The highest BCUT2D eigenvalue weighted by atomic mass is 16.5. The Hall–Kier alpha value is -3.75. The number of rotatable bonds is 14. The molecule has 0 saturated carbocycles. The first-order valence-corrected chi connectivity index (χ1v) is 15.8. The predicted molar refractivity (Wildman–Crippen MR) is 169 cm³/mol. The molecule has 2 aromatic rings. The van der Waals surface area contributed by atoms with E-state index < -0.39 is 35.6 Å². The third-order valence-electron chi connectivity index (χ3n) is 9.86. The molecule has 0 aliphatic carbocycles. The van der Waals surface area contributed by atoms with Gasteiger partial charge in [0.15, 0.2) is 0 Å². The lowest BCUT2D eigenvalue weighted by atomic mass is 9.70. The number of nitrogens with zero attached hydrogens (tertiary/aromatic N) is 3. The molecule has 2 unspecified atom stereocenters. The first kappa shape index (κ1) is 31.7. The largest absolute Gasteiger partial charge is 0.394 e. The van der Waals surface area contributed by atoms with Crippen molar-refractivity contribution in [3.05, 3.63) is 97.1 Å². The van der Waals surface area contributed by atoms with E-state index >= 15 is 0 Å². The standard InChI is InChI=1S/C36H45N3O5/c1-5-20-37(22-26-14-10-8-11-15-26)33(41)30-29-18-19-36(44-29)31(30)34(42)39(28(24-40)25(4)7-3)32(36)35(43)38(21-6-2)23-27-16-12-9-13-17-27/h5-6,8-17,25,28-32,40H,1-2,7,18-24H2,3-4H3/t25-,28-,29-,30+,31-,32?,36?/m0/s1. The number of benzene rings is 2. The maximum absolute atomic E-state index is 14.7. The lowest BCUT2D eigenvalue weighted by molar-refractivity contribution is -0.153. The average Bonchev–Trinajstić information content (AvgIpc) is 3.69. The monoisotopic (exact) mass is 599 g/mol. The molecule has 1 N–H and O–H groups in total. The van der Waals surface area contributed by atoms with Gasteiger partial charge in [-0.25, -0.2) is 0 Å². The van der Waals surface area contributed by atoms with Gasteiger partial charge in [-0.15, -0.1) is 13.2 Å². The van der Waals surface area contributed by atoms with Crippen LogP contribution in [-0.2, 0) is 32.2 Å². The Kier molecular flexibility index (Phi) is 9.71. The highest BCUT2D eigenvalue weighted by Gasteiger charge is 2.75. The molecule has 3 amide bonds. The molecule has 0 aromatic heterocycles. The van der Waals surface area contributed by atoms with E-state index in [-0.39, 0.29) is 36.8 Å². The fourth-order valence-electron chi connectivity index (χ4n) is 7.59. The number of amides is 3. The number of hydrogen-bond acceptors (Lipinski definition) is 5. The van der Waals surface area contributed by atoms with Crippen molar-refractivity contribution in [3.8, 4) is 0 Å². The first-order valence-electron chi connectivity index (χ1n) is 15.8. The SMILES string of the molecule is C=CCN(Cc1ccccc1)C(=O)C1N([C@@H](CO)[C@@H](C)CC)C(=O)[C@@H]2[C@H](C(=O)N(CC=C)Cc3ccccc3)[C@@H]3CCC12O3. The molecular weight excluding hydrogens is 554 g/mol. The lowest BCUT2D eigenvalue weighted by Crippen LogP contribution is -2.59. The second-order valence-corrected chi connectivity index (χ2v) is 12.4. The number of ether oxygens (including phenoxy) is 1. The van der Waals surface area contributed by atoms with E-state index in [0.717, 1.165) is 11.1 Å². The molecule has 2 aromatic carbocycles. The zero-order valence-corrected chi connectivity index (χ0v) is 25.9. The highest BCUT2D eigenvalue weighted by molar-refractivity contribution is 5.99. The van der Waals surface area contributed by atoms with Crippen LogP contribution in [0.4, 0.5) is 0 Å². The van der Waals surface area contributed by atoms with Gasteiger partial charge in [-0.05, 0) is 29.9 Å². The second-order valence-electron chi connectivity index (χ2n) is 12.4. The van der Waals surface area contributed by atoms with Crippen molar-refractivity contribution < 1.29 is 24.2 Å². The third-order valence-corrected chi connectivity index (χ3v) is 9.86. The van der Waals surface area contributed by atoms with Crippen LogP contribution in [0.3, 0.4) is 0 Å². The number of aliphatic hydroxyl groups excluding tert-OH is 1. The first-order chi connectivity index (χ1) is 21.3. The van der Waals surface area contributed by atoms with Gasteiger partial charge in [-0.3, -0.25) is 14.4 Å². The van der Waals surface area contributed by atoms with Crippen LogP contribution in [0.15, 0.2) is 86.0 Å². The van der Waals surface area contributed by atoms with Crippen molar-refractivity contribution in [2.45, 2.75) is 70.0 Å². The fourth-order valence-corrected chi connectivity index (χ4v) is 7.59. The van der Waals surface area contributed by atoms with Crippen LogP contribution in [0, 0.1) is 17.8 Å². The smallest absolute Gasteiger partial charge is 0.249 e. The third kappa shape index (κ3) is 5.61. The summed E-state index contributed by atoms with van der Waals surface area (Å²) in [6, 6.07) is 17.9. The summed E-state index contributed by atoms with van der Waals surface area (Å²) in [5.41, 5.74) is 0.786.